The van der Waals surface area contributed by atoms with Crippen LogP contribution in [0.25, 0.3) is 0 Å². The summed E-state index contributed by atoms with van der Waals surface area (Å²) in [5.74, 6) is 0.747. The fourth-order valence-electron chi connectivity index (χ4n) is 2.56. The number of furan rings is 1. The van der Waals surface area contributed by atoms with Gasteiger partial charge in [0.1, 0.15) is 11.6 Å². The van der Waals surface area contributed by atoms with E-state index in [2.05, 4.69) is 10.4 Å². The first kappa shape index (κ1) is 17.5. The number of carbonyl (C=O) groups is 2. The Bertz CT molecular complexity index is 885. The van der Waals surface area contributed by atoms with Crippen LogP contribution in [0.1, 0.15) is 21.8 Å². The van der Waals surface area contributed by atoms with Gasteiger partial charge in [0.2, 0.25) is 5.91 Å². The Labute approximate surface area is 151 Å². The van der Waals surface area contributed by atoms with Gasteiger partial charge >= 0.3 is 0 Å². The van der Waals surface area contributed by atoms with Crippen molar-refractivity contribution in [3.8, 4) is 0 Å². The lowest BCUT2D eigenvalue weighted by molar-refractivity contribution is -0.115. The van der Waals surface area contributed by atoms with Crippen LogP contribution in [-0.4, -0.2) is 33.5 Å². The topological polar surface area (TPSA) is 80.4 Å². The first-order valence-corrected chi connectivity index (χ1v) is 8.18. The summed E-state index contributed by atoms with van der Waals surface area (Å²) in [5, 5.41) is 6.99. The van der Waals surface area contributed by atoms with Crippen LogP contribution < -0.4 is 5.32 Å². The monoisotopic (exact) mass is 352 g/mol. The second kappa shape index (κ2) is 7.69. The van der Waals surface area contributed by atoms with Gasteiger partial charge < -0.3 is 14.6 Å². The number of rotatable bonds is 6. The van der Waals surface area contributed by atoms with Crippen LogP contribution in [0.5, 0.6) is 0 Å². The Morgan fingerprint density at radius 2 is 1.96 bits per heavy atom. The van der Waals surface area contributed by atoms with Crippen molar-refractivity contribution in [2.75, 3.05) is 12.4 Å². The van der Waals surface area contributed by atoms with E-state index in [1.807, 2.05) is 30.3 Å². The molecule has 0 saturated carbocycles. The van der Waals surface area contributed by atoms with Gasteiger partial charge in [-0.05, 0) is 17.7 Å². The predicted octanol–water partition coefficient (Wildman–Crippen LogP) is 2.47. The quantitative estimate of drug-likeness (QED) is 0.739. The van der Waals surface area contributed by atoms with Crippen molar-refractivity contribution in [1.82, 2.24) is 14.7 Å². The molecule has 0 saturated heterocycles. The lowest BCUT2D eigenvalue weighted by Gasteiger charge is -2.13. The second-order valence-corrected chi connectivity index (χ2v) is 5.99. The molecule has 1 N–H and O–H groups in total. The van der Waals surface area contributed by atoms with E-state index >= 15 is 0 Å². The molecule has 2 aromatic heterocycles. The van der Waals surface area contributed by atoms with Crippen LogP contribution >= 0.6 is 0 Å². The van der Waals surface area contributed by atoms with E-state index in [0.717, 1.165) is 5.56 Å². The Balaban J connectivity index is 1.64. The van der Waals surface area contributed by atoms with Crippen LogP contribution in [0.2, 0.25) is 0 Å². The van der Waals surface area contributed by atoms with Gasteiger partial charge in [-0.1, -0.05) is 30.3 Å². The standard InChI is InChI=1S/C19H20N4O3/c1-22(13-15-9-6-10-26-15)19(25)16-12-17(23(2)21-16)20-18(24)11-14-7-4-3-5-8-14/h3-10,12H,11,13H2,1-2H3,(H,20,24). The molecule has 0 aliphatic carbocycles. The van der Waals surface area contributed by atoms with Crippen molar-refractivity contribution in [2.45, 2.75) is 13.0 Å². The molecule has 0 aliphatic rings. The number of hydrogen-bond donors (Lipinski definition) is 1. The molecule has 2 heterocycles. The zero-order valence-electron chi connectivity index (χ0n) is 14.7. The molecule has 0 radical (unpaired) electrons. The van der Waals surface area contributed by atoms with Crippen LogP contribution in [0.4, 0.5) is 5.82 Å². The minimum absolute atomic E-state index is 0.165. The maximum Gasteiger partial charge on any atom is 0.274 e. The Hall–Kier alpha value is -3.35. The third kappa shape index (κ3) is 4.18. The van der Waals surface area contributed by atoms with E-state index in [1.54, 1.807) is 38.6 Å². The summed E-state index contributed by atoms with van der Waals surface area (Å²) in [6, 6.07) is 14.6. The molecule has 0 bridgehead atoms. The van der Waals surface area contributed by atoms with E-state index in [0.29, 0.717) is 18.1 Å². The first-order chi connectivity index (χ1) is 12.5. The van der Waals surface area contributed by atoms with E-state index in [-0.39, 0.29) is 23.9 Å². The third-order valence-electron chi connectivity index (χ3n) is 3.89. The van der Waals surface area contributed by atoms with Crippen LogP contribution in [0.3, 0.4) is 0 Å². The highest BCUT2D eigenvalue weighted by molar-refractivity contribution is 5.95. The SMILES string of the molecule is CN(Cc1ccco1)C(=O)c1cc(NC(=O)Cc2ccccc2)n(C)n1. The van der Waals surface area contributed by atoms with Crippen LogP contribution in [0, 0.1) is 0 Å². The van der Waals surface area contributed by atoms with E-state index in [4.69, 9.17) is 4.42 Å². The number of aryl methyl sites for hydroxylation is 1. The molecule has 0 spiro atoms. The number of nitrogens with one attached hydrogen (secondary N) is 1. The summed E-state index contributed by atoms with van der Waals surface area (Å²) in [6.07, 6.45) is 1.82. The summed E-state index contributed by atoms with van der Waals surface area (Å²) in [6.45, 7) is 0.345. The first-order valence-electron chi connectivity index (χ1n) is 8.18. The number of nitrogens with zero attached hydrogens (tertiary/aromatic N) is 3. The van der Waals surface area contributed by atoms with Gasteiger partial charge in [-0.2, -0.15) is 5.10 Å². The number of carbonyl (C=O) groups excluding carboxylic acids is 2. The third-order valence-corrected chi connectivity index (χ3v) is 3.89. The van der Waals surface area contributed by atoms with Crippen LogP contribution in [-0.2, 0) is 24.8 Å². The van der Waals surface area contributed by atoms with Crippen molar-refractivity contribution in [1.29, 1.82) is 0 Å². The molecule has 134 valence electrons. The molecule has 3 aromatic rings. The summed E-state index contributed by atoms with van der Waals surface area (Å²) < 4.78 is 6.73. The van der Waals surface area contributed by atoms with Crippen molar-refractivity contribution in [3.05, 3.63) is 71.8 Å². The Morgan fingerprint density at radius 1 is 1.19 bits per heavy atom. The largest absolute Gasteiger partial charge is 0.467 e. The predicted molar refractivity (Wildman–Crippen MR) is 96.5 cm³/mol. The van der Waals surface area contributed by atoms with Gasteiger partial charge in [0.25, 0.3) is 5.91 Å². The second-order valence-electron chi connectivity index (χ2n) is 5.99. The molecular formula is C19H20N4O3. The van der Waals surface area contributed by atoms with Crippen molar-refractivity contribution < 1.29 is 14.0 Å². The maximum absolute atomic E-state index is 12.5. The maximum atomic E-state index is 12.5. The fraction of sp³-hybridized carbons (Fsp3) is 0.211. The lowest BCUT2D eigenvalue weighted by atomic mass is 10.1. The zero-order valence-corrected chi connectivity index (χ0v) is 14.7. The average molecular weight is 352 g/mol. The summed E-state index contributed by atoms with van der Waals surface area (Å²) in [5.41, 5.74) is 1.18. The molecule has 0 atom stereocenters. The fourth-order valence-corrected chi connectivity index (χ4v) is 2.56. The van der Waals surface area contributed by atoms with Crippen molar-refractivity contribution in [2.24, 2.45) is 7.05 Å². The molecule has 26 heavy (non-hydrogen) atoms. The van der Waals surface area contributed by atoms with Crippen LogP contribution in [0.15, 0.2) is 59.2 Å². The smallest absolute Gasteiger partial charge is 0.274 e. The molecule has 1 aromatic carbocycles. The van der Waals surface area contributed by atoms with Crippen molar-refractivity contribution in [3.63, 3.8) is 0 Å². The van der Waals surface area contributed by atoms with Gasteiger partial charge in [0.05, 0.1) is 19.2 Å². The minimum Gasteiger partial charge on any atom is -0.467 e. The molecule has 7 heteroatoms. The summed E-state index contributed by atoms with van der Waals surface area (Å²) >= 11 is 0. The number of anilines is 1. The average Bonchev–Trinajstić information content (AvgIpc) is 3.25. The number of aromatic nitrogens is 2. The van der Waals surface area contributed by atoms with Crippen molar-refractivity contribution >= 4 is 17.6 Å². The van der Waals surface area contributed by atoms with E-state index in [9.17, 15) is 9.59 Å². The van der Waals surface area contributed by atoms with Gasteiger partial charge in [-0.15, -0.1) is 0 Å². The number of amides is 2. The highest BCUT2D eigenvalue weighted by Gasteiger charge is 2.19. The van der Waals surface area contributed by atoms with Gasteiger partial charge in [-0.25, -0.2) is 0 Å². The molecule has 0 fully saturated rings. The molecule has 3 rings (SSSR count). The molecular weight excluding hydrogens is 332 g/mol. The van der Waals surface area contributed by atoms with Gasteiger partial charge in [0, 0.05) is 20.2 Å². The van der Waals surface area contributed by atoms with E-state index in [1.165, 1.54) is 9.58 Å². The minimum atomic E-state index is -0.249. The zero-order chi connectivity index (χ0) is 18.5. The molecule has 0 aliphatic heterocycles. The summed E-state index contributed by atoms with van der Waals surface area (Å²) in [7, 11) is 3.36. The van der Waals surface area contributed by atoms with Gasteiger partial charge in [-0.3, -0.25) is 14.3 Å². The molecule has 2 amide bonds. The molecule has 0 unspecified atom stereocenters. The normalized spacial score (nSPS) is 10.5. The molecule has 7 nitrogen and oxygen atoms in total. The highest BCUT2D eigenvalue weighted by atomic mass is 16.3. The van der Waals surface area contributed by atoms with Gasteiger partial charge in [0.15, 0.2) is 5.69 Å². The highest BCUT2D eigenvalue weighted by Crippen LogP contribution is 2.13. The number of hydrogen-bond acceptors (Lipinski definition) is 4. The lowest BCUT2D eigenvalue weighted by Crippen LogP contribution is -2.26. The number of benzene rings is 1. The summed E-state index contributed by atoms with van der Waals surface area (Å²) in [4.78, 5) is 26.2. The van der Waals surface area contributed by atoms with E-state index < -0.39 is 0 Å². The Morgan fingerprint density at radius 3 is 2.65 bits per heavy atom. The Kier molecular flexibility index (Phi) is 5.17.